The molecule has 0 spiro atoms. The lowest BCUT2D eigenvalue weighted by molar-refractivity contribution is -0.183. The van der Waals surface area contributed by atoms with Gasteiger partial charge in [-0.1, -0.05) is 36.6 Å². The van der Waals surface area contributed by atoms with Gasteiger partial charge in [-0.2, -0.15) is 0 Å². The summed E-state index contributed by atoms with van der Waals surface area (Å²) in [5, 5.41) is 19.2. The summed E-state index contributed by atoms with van der Waals surface area (Å²) < 4.78 is 5.08. The van der Waals surface area contributed by atoms with Crippen LogP contribution in [0.15, 0.2) is 46.6 Å². The van der Waals surface area contributed by atoms with Crippen molar-refractivity contribution in [1.82, 2.24) is 4.90 Å². The van der Waals surface area contributed by atoms with Gasteiger partial charge < -0.3 is 19.8 Å². The molecule has 7 heteroatoms. The number of ether oxygens (including phenoxy) is 1. The van der Waals surface area contributed by atoms with E-state index in [4.69, 9.17) is 9.84 Å². The van der Waals surface area contributed by atoms with Gasteiger partial charge in [0.25, 0.3) is 0 Å². The van der Waals surface area contributed by atoms with Crippen LogP contribution in [0.1, 0.15) is 79.1 Å². The van der Waals surface area contributed by atoms with Gasteiger partial charge >= 0.3 is 11.9 Å². The molecular formula is C27H39NO6. The number of amides is 1. The number of rotatable bonds is 14. The second-order valence-corrected chi connectivity index (χ2v) is 9.83. The van der Waals surface area contributed by atoms with Crippen LogP contribution in [-0.2, 0) is 19.1 Å². The van der Waals surface area contributed by atoms with Crippen LogP contribution in [-0.4, -0.2) is 51.8 Å². The third kappa shape index (κ3) is 9.29. The molecule has 0 radical (unpaired) electrons. The molecule has 0 bridgehead atoms. The van der Waals surface area contributed by atoms with Crippen LogP contribution in [0.25, 0.3) is 0 Å². The number of allylic oxidation sites excluding steroid dienone is 4. The van der Waals surface area contributed by atoms with Crippen LogP contribution in [0.4, 0.5) is 0 Å². The average molecular weight is 474 g/mol. The Bertz CT molecular complexity index is 897. The van der Waals surface area contributed by atoms with Gasteiger partial charge in [-0.15, -0.1) is 0 Å². The number of esters is 1. The molecule has 0 fully saturated rings. The maximum absolute atomic E-state index is 11.8. The van der Waals surface area contributed by atoms with Gasteiger partial charge in [0.2, 0.25) is 11.7 Å². The molecule has 0 aromatic rings. The van der Waals surface area contributed by atoms with Gasteiger partial charge in [0.05, 0.1) is 0 Å². The van der Waals surface area contributed by atoms with Gasteiger partial charge in [-0.05, 0) is 76.9 Å². The predicted molar refractivity (Wildman–Crippen MR) is 131 cm³/mol. The molecule has 2 rings (SSSR count). The fourth-order valence-corrected chi connectivity index (χ4v) is 4.44. The van der Waals surface area contributed by atoms with E-state index in [9.17, 15) is 19.5 Å². The van der Waals surface area contributed by atoms with Crippen molar-refractivity contribution in [2.45, 2.75) is 84.8 Å². The molecule has 2 aliphatic heterocycles. The Hall–Kier alpha value is -2.67. The first-order valence-corrected chi connectivity index (χ1v) is 12.1. The van der Waals surface area contributed by atoms with Crippen molar-refractivity contribution in [3.63, 3.8) is 0 Å². The van der Waals surface area contributed by atoms with Gasteiger partial charge in [-0.3, -0.25) is 9.59 Å². The summed E-state index contributed by atoms with van der Waals surface area (Å²) in [4.78, 5) is 35.4. The first kappa shape index (κ1) is 27.6. The van der Waals surface area contributed by atoms with E-state index in [1.54, 1.807) is 13.0 Å². The molecule has 0 saturated heterocycles. The number of hydrogen-bond donors (Lipinski definition) is 2. The zero-order chi connectivity index (χ0) is 25.3. The number of carboxylic acids is 1. The number of hydrogen-bond acceptors (Lipinski definition) is 5. The minimum atomic E-state index is -1.45. The number of nitrogens with zero attached hydrogens (tertiary/aromatic N) is 1. The van der Waals surface area contributed by atoms with Crippen LogP contribution < -0.4 is 0 Å². The van der Waals surface area contributed by atoms with E-state index >= 15 is 0 Å². The van der Waals surface area contributed by atoms with Crippen molar-refractivity contribution >= 4 is 17.8 Å². The molecule has 34 heavy (non-hydrogen) atoms. The molecule has 7 nitrogen and oxygen atoms in total. The van der Waals surface area contributed by atoms with Crippen LogP contribution in [0.5, 0.6) is 0 Å². The molecule has 1 unspecified atom stereocenters. The maximum atomic E-state index is 11.8. The molecule has 2 heterocycles. The molecule has 2 aliphatic rings. The molecule has 1 amide bonds. The average Bonchev–Trinajstić information content (AvgIpc) is 3.18. The molecular weight excluding hydrogens is 434 g/mol. The van der Waals surface area contributed by atoms with Crippen molar-refractivity contribution < 1.29 is 29.3 Å². The van der Waals surface area contributed by atoms with Crippen molar-refractivity contribution in [2.75, 3.05) is 13.1 Å². The van der Waals surface area contributed by atoms with E-state index in [-0.39, 0.29) is 18.4 Å². The van der Waals surface area contributed by atoms with E-state index in [1.807, 2.05) is 0 Å². The Morgan fingerprint density at radius 3 is 2.53 bits per heavy atom. The van der Waals surface area contributed by atoms with Crippen LogP contribution in [0, 0.1) is 5.92 Å². The number of aliphatic hydroxyl groups is 1. The molecule has 0 saturated carbocycles. The summed E-state index contributed by atoms with van der Waals surface area (Å²) in [5.74, 6) is -2.83. The normalized spacial score (nSPS) is 22.1. The Morgan fingerprint density at radius 1 is 1.21 bits per heavy atom. The zero-order valence-corrected chi connectivity index (χ0v) is 20.9. The smallest absolute Gasteiger partial charge is 0.336 e. The fourth-order valence-electron chi connectivity index (χ4n) is 4.44. The molecule has 2 atom stereocenters. The quantitative estimate of drug-likeness (QED) is 0.280. The zero-order valence-electron chi connectivity index (χ0n) is 20.9. The van der Waals surface area contributed by atoms with Crippen LogP contribution in [0.2, 0.25) is 0 Å². The van der Waals surface area contributed by atoms with Crippen molar-refractivity contribution in [2.24, 2.45) is 5.92 Å². The maximum Gasteiger partial charge on any atom is 0.336 e. The molecule has 2 N–H and O–H groups in total. The molecule has 0 aliphatic carbocycles. The van der Waals surface area contributed by atoms with E-state index < -0.39 is 17.7 Å². The third-order valence-corrected chi connectivity index (χ3v) is 6.29. The first-order valence-electron chi connectivity index (χ1n) is 12.1. The Balaban J connectivity index is 1.61. The Morgan fingerprint density at radius 2 is 1.88 bits per heavy atom. The van der Waals surface area contributed by atoms with Gasteiger partial charge in [0.15, 0.2) is 0 Å². The Labute approximate surface area is 202 Å². The molecule has 188 valence electrons. The highest BCUT2D eigenvalue weighted by molar-refractivity contribution is 5.93. The third-order valence-electron chi connectivity index (χ3n) is 6.29. The summed E-state index contributed by atoms with van der Waals surface area (Å²) in [5.41, 5.74) is 4.12. The van der Waals surface area contributed by atoms with Gasteiger partial charge in [0, 0.05) is 24.6 Å². The van der Waals surface area contributed by atoms with E-state index in [0.717, 1.165) is 50.5 Å². The van der Waals surface area contributed by atoms with E-state index in [0.29, 0.717) is 18.5 Å². The number of aliphatic carboxylic acids is 1. The number of carboxylic acid groups (broad SMARTS) is 1. The summed E-state index contributed by atoms with van der Waals surface area (Å²) in [7, 11) is 0. The molecule has 0 aromatic heterocycles. The van der Waals surface area contributed by atoms with E-state index in [2.05, 4.69) is 32.9 Å². The van der Waals surface area contributed by atoms with E-state index in [1.165, 1.54) is 22.1 Å². The SMILES string of the molecule is CC1=CC(O)(C[C@H](C)CCC/C(C)=C/CC/C(C)=C/CCC2=CC(=O)N(CC(=O)O)C2)OC1=O. The predicted octanol–water partition coefficient (Wildman–Crippen LogP) is 4.68. The second kappa shape index (κ2) is 12.7. The summed E-state index contributed by atoms with van der Waals surface area (Å²) in [6.45, 7) is 8.16. The summed E-state index contributed by atoms with van der Waals surface area (Å²) >= 11 is 0. The number of carbonyl (C=O) groups is 3. The lowest BCUT2D eigenvalue weighted by atomic mass is 9.94. The lowest BCUT2D eigenvalue weighted by Crippen LogP contribution is -2.31. The molecule has 0 aromatic carbocycles. The standard InChI is InChI=1S/C27H39NO6/c1-19(10-6-12-21(3)15-27(33)16-22(4)26(32)34-27)8-5-9-20(2)11-7-13-23-14-24(29)28(17-23)18-25(30)31/h8,11,14,16,21,33H,5-7,9-10,12-13,15,17-18H2,1-4H3,(H,30,31)/b19-8+,20-11+/t21-,27?/m1/s1. The topological polar surface area (TPSA) is 104 Å². The van der Waals surface area contributed by atoms with Gasteiger partial charge in [0.1, 0.15) is 6.54 Å². The van der Waals surface area contributed by atoms with Crippen molar-refractivity contribution in [1.29, 1.82) is 0 Å². The largest absolute Gasteiger partial charge is 0.480 e. The summed E-state index contributed by atoms with van der Waals surface area (Å²) in [6, 6.07) is 0. The van der Waals surface area contributed by atoms with Crippen molar-refractivity contribution in [3.8, 4) is 0 Å². The minimum Gasteiger partial charge on any atom is -0.480 e. The number of cyclic esters (lactones) is 1. The van der Waals surface area contributed by atoms with Crippen molar-refractivity contribution in [3.05, 3.63) is 46.6 Å². The number of carbonyl (C=O) groups excluding carboxylic acids is 2. The summed E-state index contributed by atoms with van der Waals surface area (Å²) in [6.07, 6.45) is 14.6. The second-order valence-electron chi connectivity index (χ2n) is 9.83. The first-order chi connectivity index (χ1) is 16.0. The van der Waals surface area contributed by atoms with Gasteiger partial charge in [-0.25, -0.2) is 4.79 Å². The highest BCUT2D eigenvalue weighted by Gasteiger charge is 2.37. The highest BCUT2D eigenvalue weighted by atomic mass is 16.7. The fraction of sp³-hybridized carbons (Fsp3) is 0.593. The minimum absolute atomic E-state index is 0.210. The monoisotopic (exact) mass is 473 g/mol. The highest BCUT2D eigenvalue weighted by Crippen LogP contribution is 2.30. The lowest BCUT2D eigenvalue weighted by Gasteiger charge is -2.23. The van der Waals surface area contributed by atoms with Crippen LogP contribution >= 0.6 is 0 Å². The van der Waals surface area contributed by atoms with Crippen LogP contribution in [0.3, 0.4) is 0 Å². The Kier molecular flexibility index (Phi) is 10.3.